The zero-order valence-electron chi connectivity index (χ0n) is 10.2. The van der Waals surface area contributed by atoms with Crippen LogP contribution in [0.25, 0.3) is 0 Å². The SMILES string of the molecule is CCc1c(NN)ncnc1Sc1ccc(F)cc1F. The third-order valence-corrected chi connectivity index (χ3v) is 3.59. The van der Waals surface area contributed by atoms with Crippen LogP contribution in [0.2, 0.25) is 0 Å². The van der Waals surface area contributed by atoms with Crippen molar-refractivity contribution in [3.8, 4) is 0 Å². The number of hydrazine groups is 1. The quantitative estimate of drug-likeness (QED) is 0.513. The van der Waals surface area contributed by atoms with Gasteiger partial charge in [-0.15, -0.1) is 0 Å². The minimum atomic E-state index is -0.618. The summed E-state index contributed by atoms with van der Waals surface area (Å²) in [4.78, 5) is 8.41. The van der Waals surface area contributed by atoms with Crippen LogP contribution < -0.4 is 11.3 Å². The van der Waals surface area contributed by atoms with E-state index in [0.717, 1.165) is 23.4 Å². The minimum absolute atomic E-state index is 0.303. The first-order chi connectivity index (χ1) is 9.15. The van der Waals surface area contributed by atoms with E-state index in [0.29, 0.717) is 22.2 Å². The number of hydrogen-bond donors (Lipinski definition) is 2. The molecule has 0 amide bonds. The number of benzene rings is 1. The molecule has 0 radical (unpaired) electrons. The van der Waals surface area contributed by atoms with Crippen molar-refractivity contribution in [2.24, 2.45) is 5.84 Å². The average Bonchev–Trinajstić information content (AvgIpc) is 2.41. The van der Waals surface area contributed by atoms with E-state index in [-0.39, 0.29) is 0 Å². The van der Waals surface area contributed by atoms with Gasteiger partial charge in [0.15, 0.2) is 0 Å². The second kappa shape index (κ2) is 5.94. The van der Waals surface area contributed by atoms with Gasteiger partial charge in [-0.2, -0.15) is 0 Å². The van der Waals surface area contributed by atoms with Crippen molar-refractivity contribution in [2.45, 2.75) is 23.3 Å². The third kappa shape index (κ3) is 2.99. The highest BCUT2D eigenvalue weighted by Gasteiger charge is 2.13. The van der Waals surface area contributed by atoms with Gasteiger partial charge in [0, 0.05) is 16.5 Å². The summed E-state index contributed by atoms with van der Waals surface area (Å²) in [5, 5.41) is 0.593. The highest BCUT2D eigenvalue weighted by atomic mass is 32.2. The lowest BCUT2D eigenvalue weighted by molar-refractivity contribution is 0.565. The molecule has 100 valence electrons. The predicted octanol–water partition coefficient (Wildman–Crippen LogP) is 2.75. The predicted molar refractivity (Wildman–Crippen MR) is 69.7 cm³/mol. The van der Waals surface area contributed by atoms with Crippen molar-refractivity contribution >= 4 is 17.6 Å². The van der Waals surface area contributed by atoms with Crippen LogP contribution in [0.3, 0.4) is 0 Å². The monoisotopic (exact) mass is 282 g/mol. The van der Waals surface area contributed by atoms with Crippen LogP contribution in [0.5, 0.6) is 0 Å². The van der Waals surface area contributed by atoms with Crippen LogP contribution in [-0.4, -0.2) is 9.97 Å². The average molecular weight is 282 g/mol. The van der Waals surface area contributed by atoms with E-state index in [2.05, 4.69) is 15.4 Å². The van der Waals surface area contributed by atoms with Crippen LogP contribution in [-0.2, 0) is 6.42 Å². The fourth-order valence-corrected chi connectivity index (χ4v) is 2.55. The number of halogens is 2. The fourth-order valence-electron chi connectivity index (χ4n) is 1.59. The fraction of sp³-hybridized carbons (Fsp3) is 0.167. The molecule has 7 heteroatoms. The van der Waals surface area contributed by atoms with Gasteiger partial charge >= 0.3 is 0 Å². The van der Waals surface area contributed by atoms with E-state index in [1.807, 2.05) is 6.92 Å². The maximum Gasteiger partial charge on any atom is 0.147 e. The Balaban J connectivity index is 2.37. The number of nitrogens with one attached hydrogen (secondary N) is 1. The molecule has 2 aromatic rings. The maximum atomic E-state index is 13.6. The summed E-state index contributed by atoms with van der Waals surface area (Å²) >= 11 is 1.12. The molecule has 0 aliphatic rings. The number of rotatable bonds is 4. The van der Waals surface area contributed by atoms with Crippen molar-refractivity contribution in [1.29, 1.82) is 0 Å². The molecule has 2 rings (SSSR count). The second-order valence-corrected chi connectivity index (χ2v) is 4.71. The molecular weight excluding hydrogens is 270 g/mol. The number of anilines is 1. The first-order valence-electron chi connectivity index (χ1n) is 5.59. The van der Waals surface area contributed by atoms with Crippen molar-refractivity contribution in [1.82, 2.24) is 9.97 Å². The van der Waals surface area contributed by atoms with Crippen molar-refractivity contribution in [3.05, 3.63) is 41.7 Å². The molecule has 3 N–H and O–H groups in total. The molecular formula is C12H12F2N4S. The Morgan fingerprint density at radius 3 is 2.74 bits per heavy atom. The first kappa shape index (κ1) is 13.7. The molecule has 19 heavy (non-hydrogen) atoms. The molecule has 0 atom stereocenters. The van der Waals surface area contributed by atoms with Crippen molar-refractivity contribution in [2.75, 3.05) is 5.43 Å². The molecule has 0 unspecified atom stereocenters. The topological polar surface area (TPSA) is 63.8 Å². The lowest BCUT2D eigenvalue weighted by Crippen LogP contribution is -2.12. The van der Waals surface area contributed by atoms with Gasteiger partial charge < -0.3 is 5.43 Å². The van der Waals surface area contributed by atoms with Gasteiger partial charge in [0.25, 0.3) is 0 Å². The normalized spacial score (nSPS) is 10.5. The molecule has 0 spiro atoms. The highest BCUT2D eigenvalue weighted by molar-refractivity contribution is 7.99. The summed E-state index contributed by atoms with van der Waals surface area (Å²) < 4.78 is 26.5. The van der Waals surface area contributed by atoms with Crippen LogP contribution in [0.1, 0.15) is 12.5 Å². The van der Waals surface area contributed by atoms with E-state index in [1.54, 1.807) is 0 Å². The Labute approximate surface area is 113 Å². The zero-order valence-corrected chi connectivity index (χ0v) is 11.0. The number of nitrogens with two attached hydrogens (primary N) is 1. The van der Waals surface area contributed by atoms with E-state index in [1.165, 1.54) is 18.5 Å². The molecule has 1 aromatic heterocycles. The van der Waals surface area contributed by atoms with E-state index >= 15 is 0 Å². The van der Waals surface area contributed by atoms with Crippen molar-refractivity contribution < 1.29 is 8.78 Å². The third-order valence-electron chi connectivity index (χ3n) is 2.50. The summed E-state index contributed by atoms with van der Waals surface area (Å²) in [5.41, 5.74) is 3.27. The Kier molecular flexibility index (Phi) is 4.28. The molecule has 0 bridgehead atoms. The number of hydrogen-bond acceptors (Lipinski definition) is 5. The van der Waals surface area contributed by atoms with E-state index < -0.39 is 11.6 Å². The smallest absolute Gasteiger partial charge is 0.147 e. The van der Waals surface area contributed by atoms with Crippen LogP contribution in [0.4, 0.5) is 14.6 Å². The highest BCUT2D eigenvalue weighted by Crippen LogP contribution is 2.33. The molecule has 4 nitrogen and oxygen atoms in total. The molecule has 0 saturated heterocycles. The Morgan fingerprint density at radius 1 is 1.32 bits per heavy atom. The largest absolute Gasteiger partial charge is 0.308 e. The number of nitrogen functional groups attached to an aromatic ring is 1. The number of nitrogens with zero attached hydrogens (tertiary/aromatic N) is 2. The summed E-state index contributed by atoms with van der Waals surface area (Å²) in [6.07, 6.45) is 1.99. The lowest BCUT2D eigenvalue weighted by Gasteiger charge is -2.10. The van der Waals surface area contributed by atoms with Gasteiger partial charge in [-0.05, 0) is 18.6 Å². The summed E-state index contributed by atoms with van der Waals surface area (Å²) in [5.74, 6) is 4.64. The van der Waals surface area contributed by atoms with Gasteiger partial charge in [0.05, 0.1) is 0 Å². The maximum absolute atomic E-state index is 13.6. The van der Waals surface area contributed by atoms with Gasteiger partial charge in [0.1, 0.15) is 28.8 Å². The molecule has 0 saturated carbocycles. The second-order valence-electron chi connectivity index (χ2n) is 3.68. The molecule has 0 aliphatic carbocycles. The molecule has 0 aliphatic heterocycles. The summed E-state index contributed by atoms with van der Waals surface area (Å²) in [6.45, 7) is 1.92. The van der Waals surface area contributed by atoms with Crippen molar-refractivity contribution in [3.63, 3.8) is 0 Å². The van der Waals surface area contributed by atoms with Gasteiger partial charge in [-0.3, -0.25) is 0 Å². The Morgan fingerprint density at radius 2 is 2.11 bits per heavy atom. The standard InChI is InChI=1S/C12H12F2N4S/c1-2-8-11(18-15)16-6-17-12(8)19-10-4-3-7(13)5-9(10)14/h3-6H,2,15H2,1H3,(H,16,17,18). The molecule has 1 heterocycles. The lowest BCUT2D eigenvalue weighted by atomic mass is 10.2. The zero-order chi connectivity index (χ0) is 13.8. The number of aromatic nitrogens is 2. The van der Waals surface area contributed by atoms with Crippen LogP contribution in [0.15, 0.2) is 34.4 Å². The molecule has 0 fully saturated rings. The van der Waals surface area contributed by atoms with E-state index in [9.17, 15) is 8.78 Å². The Hall–Kier alpha value is -1.73. The van der Waals surface area contributed by atoms with Crippen LogP contribution in [0, 0.1) is 11.6 Å². The van der Waals surface area contributed by atoms with Crippen LogP contribution >= 0.6 is 11.8 Å². The van der Waals surface area contributed by atoms with Gasteiger partial charge in [-0.1, -0.05) is 18.7 Å². The summed E-state index contributed by atoms with van der Waals surface area (Å²) in [6, 6.07) is 3.43. The van der Waals surface area contributed by atoms with Gasteiger partial charge in [-0.25, -0.2) is 24.6 Å². The molecule has 1 aromatic carbocycles. The van der Waals surface area contributed by atoms with Gasteiger partial charge in [0.2, 0.25) is 0 Å². The summed E-state index contributed by atoms with van der Waals surface area (Å²) in [7, 11) is 0. The van der Waals surface area contributed by atoms with E-state index in [4.69, 9.17) is 5.84 Å². The minimum Gasteiger partial charge on any atom is -0.308 e. The Bertz CT molecular complexity index is 592. The first-order valence-corrected chi connectivity index (χ1v) is 6.40.